The minimum Gasteiger partial charge on any atom is -0.481 e. The number of rotatable bonds is 6. The first-order valence-corrected chi connectivity index (χ1v) is 7.37. The van der Waals surface area contributed by atoms with E-state index in [1.54, 1.807) is 11.8 Å². The zero-order chi connectivity index (χ0) is 15.8. The molecule has 0 radical (unpaired) electrons. The van der Waals surface area contributed by atoms with Gasteiger partial charge in [0.15, 0.2) is 0 Å². The van der Waals surface area contributed by atoms with Crippen LogP contribution in [0.25, 0.3) is 0 Å². The Labute approximate surface area is 124 Å². The van der Waals surface area contributed by atoms with Gasteiger partial charge in [-0.25, -0.2) is 4.79 Å². The van der Waals surface area contributed by atoms with Crippen molar-refractivity contribution < 1.29 is 24.2 Å². The number of amides is 2. The van der Waals surface area contributed by atoms with Crippen molar-refractivity contribution in [2.45, 2.75) is 45.6 Å². The van der Waals surface area contributed by atoms with Gasteiger partial charge in [-0.2, -0.15) is 0 Å². The van der Waals surface area contributed by atoms with Crippen LogP contribution in [0.15, 0.2) is 0 Å². The molecule has 2 N–H and O–H groups in total. The van der Waals surface area contributed by atoms with Gasteiger partial charge in [-0.3, -0.25) is 9.59 Å². The molecule has 2 amide bonds. The molecule has 7 heteroatoms. The summed E-state index contributed by atoms with van der Waals surface area (Å²) in [5.74, 6) is -1.41. The minimum absolute atomic E-state index is 0.126. The van der Waals surface area contributed by atoms with E-state index in [4.69, 9.17) is 9.84 Å². The van der Waals surface area contributed by atoms with Crippen LogP contribution < -0.4 is 5.32 Å². The number of likely N-dealkylation sites (tertiary alicyclic amines) is 1. The molecular formula is C14H24N2O5. The summed E-state index contributed by atoms with van der Waals surface area (Å²) >= 11 is 0. The summed E-state index contributed by atoms with van der Waals surface area (Å²) in [6.07, 6.45) is 1.77. The third-order valence-electron chi connectivity index (χ3n) is 3.59. The molecule has 120 valence electrons. The van der Waals surface area contributed by atoms with E-state index in [1.807, 2.05) is 6.92 Å². The highest BCUT2D eigenvalue weighted by Gasteiger charge is 2.27. The molecule has 0 aromatic heterocycles. The van der Waals surface area contributed by atoms with Crippen molar-refractivity contribution in [3.63, 3.8) is 0 Å². The fourth-order valence-corrected chi connectivity index (χ4v) is 2.27. The molecule has 1 aliphatic heterocycles. The summed E-state index contributed by atoms with van der Waals surface area (Å²) in [7, 11) is 0. The van der Waals surface area contributed by atoms with Crippen molar-refractivity contribution in [3.8, 4) is 0 Å². The van der Waals surface area contributed by atoms with Gasteiger partial charge in [0.1, 0.15) is 0 Å². The quantitative estimate of drug-likeness (QED) is 0.719. The van der Waals surface area contributed by atoms with Gasteiger partial charge in [0.2, 0.25) is 0 Å². The lowest BCUT2D eigenvalue weighted by molar-refractivity contribution is -0.144. The maximum atomic E-state index is 12.0. The van der Waals surface area contributed by atoms with Crippen molar-refractivity contribution in [2.24, 2.45) is 5.92 Å². The van der Waals surface area contributed by atoms with Gasteiger partial charge in [0.05, 0.1) is 12.5 Å². The molecule has 0 saturated carbocycles. The van der Waals surface area contributed by atoms with E-state index in [-0.39, 0.29) is 30.4 Å². The molecule has 21 heavy (non-hydrogen) atoms. The highest BCUT2D eigenvalue weighted by Crippen LogP contribution is 2.17. The molecule has 0 aromatic rings. The van der Waals surface area contributed by atoms with Crippen LogP contribution in [0.4, 0.5) is 4.79 Å². The summed E-state index contributed by atoms with van der Waals surface area (Å²) in [5, 5.41) is 11.7. The maximum absolute atomic E-state index is 12.0. The fraction of sp³-hybridized carbons (Fsp3) is 0.786. The molecule has 0 aromatic carbocycles. The van der Waals surface area contributed by atoms with Crippen molar-refractivity contribution in [1.82, 2.24) is 10.2 Å². The largest absolute Gasteiger partial charge is 0.481 e. The Morgan fingerprint density at radius 2 is 1.95 bits per heavy atom. The average Bonchev–Trinajstić information content (AvgIpc) is 2.45. The van der Waals surface area contributed by atoms with Crippen LogP contribution in [0, 0.1) is 5.92 Å². The van der Waals surface area contributed by atoms with Crippen LogP contribution in [0.2, 0.25) is 0 Å². The van der Waals surface area contributed by atoms with Gasteiger partial charge in [0, 0.05) is 25.6 Å². The second kappa shape index (κ2) is 8.49. The number of carbonyl (C=O) groups is 3. The zero-order valence-corrected chi connectivity index (χ0v) is 12.6. The van der Waals surface area contributed by atoms with E-state index in [1.165, 1.54) is 0 Å². The summed E-state index contributed by atoms with van der Waals surface area (Å²) in [6.45, 7) is 4.85. The van der Waals surface area contributed by atoms with E-state index >= 15 is 0 Å². The number of urea groups is 1. The smallest absolute Gasteiger partial charge is 0.317 e. The number of carboxylic acid groups (broad SMARTS) is 1. The Kier molecular flexibility index (Phi) is 6.98. The van der Waals surface area contributed by atoms with Crippen LogP contribution >= 0.6 is 0 Å². The number of hydrogen-bond acceptors (Lipinski definition) is 4. The van der Waals surface area contributed by atoms with Gasteiger partial charge in [-0.05, 0) is 33.1 Å². The predicted molar refractivity (Wildman–Crippen MR) is 75.8 cm³/mol. The van der Waals surface area contributed by atoms with E-state index < -0.39 is 5.97 Å². The number of aliphatic carboxylic acids is 1. The lowest BCUT2D eigenvalue weighted by Crippen LogP contribution is -2.48. The highest BCUT2D eigenvalue weighted by atomic mass is 16.5. The summed E-state index contributed by atoms with van der Waals surface area (Å²) in [5.41, 5.74) is 0. The molecular weight excluding hydrogens is 276 g/mol. The number of piperidine rings is 1. The number of carbonyl (C=O) groups excluding carboxylic acids is 2. The van der Waals surface area contributed by atoms with Crippen molar-refractivity contribution in [3.05, 3.63) is 0 Å². The Morgan fingerprint density at radius 3 is 2.48 bits per heavy atom. The number of hydrogen-bond donors (Lipinski definition) is 2. The zero-order valence-electron chi connectivity index (χ0n) is 12.6. The standard InChI is InChI=1S/C14H24N2O5/c1-3-21-12(17)5-4-10(2)15-14(20)16-8-6-11(7-9-16)13(18)19/h10-11H,3-9H2,1-2H3,(H,15,20)(H,18,19). The molecule has 1 aliphatic rings. The first kappa shape index (κ1) is 17.3. The lowest BCUT2D eigenvalue weighted by Gasteiger charge is -2.31. The van der Waals surface area contributed by atoms with Crippen LogP contribution in [0.1, 0.15) is 39.5 Å². The van der Waals surface area contributed by atoms with E-state index in [2.05, 4.69) is 5.32 Å². The second-order valence-corrected chi connectivity index (χ2v) is 5.29. The SMILES string of the molecule is CCOC(=O)CCC(C)NC(=O)N1CCC(C(=O)O)CC1. The first-order chi connectivity index (χ1) is 9.93. The van der Waals surface area contributed by atoms with Gasteiger partial charge in [-0.15, -0.1) is 0 Å². The molecule has 1 atom stereocenters. The second-order valence-electron chi connectivity index (χ2n) is 5.29. The molecule has 1 fully saturated rings. The van der Waals surface area contributed by atoms with Crippen molar-refractivity contribution in [2.75, 3.05) is 19.7 Å². The van der Waals surface area contributed by atoms with Gasteiger partial charge < -0.3 is 20.1 Å². The molecule has 0 spiro atoms. The molecule has 0 aliphatic carbocycles. The Morgan fingerprint density at radius 1 is 1.33 bits per heavy atom. The third kappa shape index (κ3) is 6.01. The van der Waals surface area contributed by atoms with Gasteiger partial charge in [-0.1, -0.05) is 0 Å². The van der Waals surface area contributed by atoms with Crippen LogP contribution in [-0.4, -0.2) is 53.7 Å². The lowest BCUT2D eigenvalue weighted by atomic mass is 9.97. The van der Waals surface area contributed by atoms with Gasteiger partial charge in [0.25, 0.3) is 0 Å². The Bertz CT molecular complexity index is 378. The molecule has 1 rings (SSSR count). The molecule has 7 nitrogen and oxygen atoms in total. The number of esters is 1. The topological polar surface area (TPSA) is 95.9 Å². The van der Waals surface area contributed by atoms with Crippen LogP contribution in [0.5, 0.6) is 0 Å². The van der Waals surface area contributed by atoms with E-state index in [0.717, 1.165) is 0 Å². The van der Waals surface area contributed by atoms with E-state index in [9.17, 15) is 14.4 Å². The molecule has 1 heterocycles. The summed E-state index contributed by atoms with van der Waals surface area (Å²) < 4.78 is 4.83. The first-order valence-electron chi connectivity index (χ1n) is 7.37. The normalized spacial score (nSPS) is 17.1. The fourth-order valence-electron chi connectivity index (χ4n) is 2.27. The number of nitrogens with zero attached hydrogens (tertiary/aromatic N) is 1. The molecule has 1 unspecified atom stereocenters. The molecule has 1 saturated heterocycles. The van der Waals surface area contributed by atoms with Crippen molar-refractivity contribution in [1.29, 1.82) is 0 Å². The minimum atomic E-state index is -0.794. The number of ether oxygens (including phenoxy) is 1. The van der Waals surface area contributed by atoms with E-state index in [0.29, 0.717) is 39.0 Å². The third-order valence-corrected chi connectivity index (χ3v) is 3.59. The predicted octanol–water partition coefficient (Wildman–Crippen LogP) is 1.22. The maximum Gasteiger partial charge on any atom is 0.317 e. The Balaban J connectivity index is 2.27. The highest BCUT2D eigenvalue weighted by molar-refractivity contribution is 5.75. The monoisotopic (exact) mass is 300 g/mol. The van der Waals surface area contributed by atoms with Crippen LogP contribution in [-0.2, 0) is 14.3 Å². The van der Waals surface area contributed by atoms with Gasteiger partial charge >= 0.3 is 18.0 Å². The molecule has 0 bridgehead atoms. The summed E-state index contributed by atoms with van der Waals surface area (Å²) in [6, 6.07) is -0.325. The van der Waals surface area contributed by atoms with Crippen LogP contribution in [0.3, 0.4) is 0 Å². The number of carboxylic acids is 1. The summed E-state index contributed by atoms with van der Waals surface area (Å²) in [4.78, 5) is 35.7. The van der Waals surface area contributed by atoms with Crippen molar-refractivity contribution >= 4 is 18.0 Å². The Hall–Kier alpha value is -1.79. The number of nitrogens with one attached hydrogen (secondary N) is 1. The average molecular weight is 300 g/mol.